The van der Waals surface area contributed by atoms with Crippen molar-refractivity contribution in [3.63, 3.8) is 0 Å². The van der Waals surface area contributed by atoms with E-state index in [4.69, 9.17) is 4.74 Å². The number of nitrogens with zero attached hydrogens (tertiary/aromatic N) is 2. The van der Waals surface area contributed by atoms with Crippen molar-refractivity contribution in [2.45, 2.75) is 31.6 Å². The minimum atomic E-state index is -3.27. The van der Waals surface area contributed by atoms with Crippen LogP contribution in [0.2, 0.25) is 0 Å². The molecule has 9 heteroatoms. The van der Waals surface area contributed by atoms with Gasteiger partial charge >= 0.3 is 6.03 Å². The third-order valence-corrected chi connectivity index (χ3v) is 7.57. The second kappa shape index (κ2) is 7.11. The average molecular weight is 373 g/mol. The zero-order valence-corrected chi connectivity index (χ0v) is 15.6. The molecule has 0 aromatic carbocycles. The maximum Gasteiger partial charge on any atom is 0.317 e. The van der Waals surface area contributed by atoms with E-state index < -0.39 is 15.1 Å². The molecule has 0 saturated carbocycles. The number of sulfone groups is 1. The summed E-state index contributed by atoms with van der Waals surface area (Å²) in [4.78, 5) is 28.5. The number of carbonyl (C=O) groups excluding carboxylic acids is 2. The number of nitrogens with one attached hydrogen (secondary N) is 1. The van der Waals surface area contributed by atoms with Crippen LogP contribution in [0.5, 0.6) is 0 Å². The van der Waals surface area contributed by atoms with Crippen molar-refractivity contribution < 1.29 is 22.7 Å². The average Bonchev–Trinajstić information content (AvgIpc) is 3.01. The number of morpholine rings is 1. The van der Waals surface area contributed by atoms with Gasteiger partial charge in [0.25, 0.3) is 0 Å². The molecule has 0 aliphatic carbocycles. The number of likely N-dealkylation sites (tertiary alicyclic amines) is 1. The van der Waals surface area contributed by atoms with Crippen molar-refractivity contribution >= 4 is 21.8 Å². The van der Waals surface area contributed by atoms with Crippen LogP contribution < -0.4 is 5.32 Å². The van der Waals surface area contributed by atoms with Crippen molar-refractivity contribution in [2.24, 2.45) is 11.8 Å². The van der Waals surface area contributed by atoms with Gasteiger partial charge in [0, 0.05) is 44.1 Å². The van der Waals surface area contributed by atoms with Crippen LogP contribution in [0.1, 0.15) is 20.3 Å². The zero-order valence-electron chi connectivity index (χ0n) is 14.8. The minimum Gasteiger partial charge on any atom is -0.378 e. The Hall–Kier alpha value is -1.35. The van der Waals surface area contributed by atoms with E-state index >= 15 is 0 Å². The van der Waals surface area contributed by atoms with E-state index in [0.29, 0.717) is 39.3 Å². The number of hydrogen-bond donors (Lipinski definition) is 1. The lowest BCUT2D eigenvalue weighted by Gasteiger charge is -2.36. The Balaban J connectivity index is 1.76. The fourth-order valence-electron chi connectivity index (χ4n) is 4.05. The second-order valence-corrected chi connectivity index (χ2v) is 9.75. The Morgan fingerprint density at radius 1 is 1.12 bits per heavy atom. The van der Waals surface area contributed by atoms with Crippen LogP contribution in [0.4, 0.5) is 4.79 Å². The summed E-state index contributed by atoms with van der Waals surface area (Å²) in [6, 6.07) is -0.269. The maximum atomic E-state index is 12.9. The van der Waals surface area contributed by atoms with Crippen molar-refractivity contribution in [2.75, 3.05) is 45.1 Å². The lowest BCUT2D eigenvalue weighted by Crippen LogP contribution is -2.50. The van der Waals surface area contributed by atoms with Gasteiger partial charge in [-0.1, -0.05) is 0 Å². The summed E-state index contributed by atoms with van der Waals surface area (Å²) in [5.41, 5.74) is 0. The Kier molecular flexibility index (Phi) is 5.24. The fourth-order valence-corrected chi connectivity index (χ4v) is 6.15. The van der Waals surface area contributed by atoms with Crippen LogP contribution in [-0.4, -0.2) is 86.6 Å². The lowest BCUT2D eigenvalue weighted by molar-refractivity contribution is -0.141. The van der Waals surface area contributed by atoms with Gasteiger partial charge < -0.3 is 19.9 Å². The van der Waals surface area contributed by atoms with Crippen molar-refractivity contribution in [3.05, 3.63) is 0 Å². The van der Waals surface area contributed by atoms with Crippen LogP contribution in [-0.2, 0) is 19.4 Å². The topological polar surface area (TPSA) is 96.0 Å². The SMILES string of the molecule is CC(C)NC(=O)N1C[C@H]2[C@@H](C(=O)N3CCOCC3)CCS(=O)(=O)[C@H]2C1. The van der Waals surface area contributed by atoms with Gasteiger partial charge in [-0.25, -0.2) is 13.2 Å². The molecule has 3 aliphatic rings. The quantitative estimate of drug-likeness (QED) is 0.717. The van der Waals surface area contributed by atoms with Crippen molar-refractivity contribution in [1.82, 2.24) is 15.1 Å². The van der Waals surface area contributed by atoms with E-state index in [-0.39, 0.29) is 42.1 Å². The predicted octanol–water partition coefficient (Wildman–Crippen LogP) is -0.302. The van der Waals surface area contributed by atoms with E-state index in [1.54, 1.807) is 9.80 Å². The molecular formula is C16H27N3O5S. The summed E-state index contributed by atoms with van der Waals surface area (Å²) in [6.07, 6.45) is 0.347. The standard InChI is InChI=1S/C16H27N3O5S/c1-11(2)17-16(21)19-9-13-12(3-8-25(22,23)14(13)10-19)15(20)18-4-6-24-7-5-18/h11-14H,3-10H2,1-2H3,(H,17,21)/t12-,13-,14-/m0/s1. The van der Waals surface area contributed by atoms with Crippen LogP contribution >= 0.6 is 0 Å². The number of fused-ring (bicyclic) bond motifs is 1. The first kappa shape index (κ1) is 18.4. The zero-order chi connectivity index (χ0) is 18.2. The van der Waals surface area contributed by atoms with Crippen LogP contribution in [0, 0.1) is 11.8 Å². The summed E-state index contributed by atoms with van der Waals surface area (Å²) in [5.74, 6) is -0.607. The molecule has 3 aliphatic heterocycles. The molecule has 8 nitrogen and oxygen atoms in total. The van der Waals surface area contributed by atoms with Gasteiger partial charge in [0.2, 0.25) is 5.91 Å². The number of ether oxygens (including phenoxy) is 1. The summed E-state index contributed by atoms with van der Waals surface area (Å²) in [5, 5.41) is 2.18. The smallest absolute Gasteiger partial charge is 0.317 e. The normalized spacial score (nSPS) is 31.7. The highest BCUT2D eigenvalue weighted by atomic mass is 32.2. The van der Waals surface area contributed by atoms with Gasteiger partial charge in [0.1, 0.15) is 0 Å². The maximum absolute atomic E-state index is 12.9. The molecule has 0 unspecified atom stereocenters. The van der Waals surface area contributed by atoms with Gasteiger partial charge in [-0.15, -0.1) is 0 Å². The molecule has 0 radical (unpaired) electrons. The molecule has 3 saturated heterocycles. The molecule has 3 heterocycles. The summed E-state index contributed by atoms with van der Waals surface area (Å²) in [6.45, 7) is 6.38. The number of urea groups is 1. The molecular weight excluding hydrogens is 346 g/mol. The van der Waals surface area contributed by atoms with Crippen LogP contribution in [0.25, 0.3) is 0 Å². The number of hydrogen-bond acceptors (Lipinski definition) is 5. The molecule has 3 atom stereocenters. The highest BCUT2D eigenvalue weighted by Gasteiger charge is 2.52. The van der Waals surface area contributed by atoms with Gasteiger partial charge in [0.15, 0.2) is 9.84 Å². The van der Waals surface area contributed by atoms with Gasteiger partial charge in [0.05, 0.1) is 24.2 Å². The number of amides is 3. The number of rotatable bonds is 2. The first-order chi connectivity index (χ1) is 11.8. The Morgan fingerprint density at radius 2 is 1.80 bits per heavy atom. The molecule has 142 valence electrons. The monoisotopic (exact) mass is 373 g/mol. The Morgan fingerprint density at radius 3 is 2.44 bits per heavy atom. The Bertz CT molecular complexity index is 630. The Labute approximate surface area is 148 Å². The molecule has 0 spiro atoms. The van der Waals surface area contributed by atoms with E-state index in [1.807, 2.05) is 13.8 Å². The van der Waals surface area contributed by atoms with Gasteiger partial charge in [-0.3, -0.25) is 4.79 Å². The minimum absolute atomic E-state index is 0.0133. The third kappa shape index (κ3) is 3.76. The first-order valence-electron chi connectivity index (χ1n) is 8.93. The molecule has 3 fully saturated rings. The van der Waals surface area contributed by atoms with Gasteiger partial charge in [-0.05, 0) is 20.3 Å². The molecule has 25 heavy (non-hydrogen) atoms. The third-order valence-electron chi connectivity index (χ3n) is 5.34. The summed E-state index contributed by atoms with van der Waals surface area (Å²) < 4.78 is 30.3. The van der Waals surface area contributed by atoms with Crippen LogP contribution in [0.3, 0.4) is 0 Å². The number of carbonyl (C=O) groups is 2. The lowest BCUT2D eigenvalue weighted by atomic mass is 9.87. The molecule has 3 rings (SSSR count). The van der Waals surface area contributed by atoms with Crippen LogP contribution in [0.15, 0.2) is 0 Å². The summed E-state index contributed by atoms with van der Waals surface area (Å²) >= 11 is 0. The summed E-state index contributed by atoms with van der Waals surface area (Å²) in [7, 11) is -3.27. The van der Waals surface area contributed by atoms with Crippen molar-refractivity contribution in [1.29, 1.82) is 0 Å². The first-order valence-corrected chi connectivity index (χ1v) is 10.6. The van der Waals surface area contributed by atoms with E-state index in [2.05, 4.69) is 5.32 Å². The van der Waals surface area contributed by atoms with Crippen molar-refractivity contribution in [3.8, 4) is 0 Å². The molecule has 0 bridgehead atoms. The molecule has 0 aromatic heterocycles. The second-order valence-electron chi connectivity index (χ2n) is 7.41. The fraction of sp³-hybridized carbons (Fsp3) is 0.875. The van der Waals surface area contributed by atoms with E-state index in [9.17, 15) is 18.0 Å². The van der Waals surface area contributed by atoms with Gasteiger partial charge in [-0.2, -0.15) is 0 Å². The van der Waals surface area contributed by atoms with E-state index in [0.717, 1.165) is 0 Å². The highest BCUT2D eigenvalue weighted by Crippen LogP contribution is 2.38. The largest absolute Gasteiger partial charge is 0.378 e. The highest BCUT2D eigenvalue weighted by molar-refractivity contribution is 7.92. The molecule has 1 N–H and O–H groups in total. The predicted molar refractivity (Wildman–Crippen MR) is 91.8 cm³/mol. The molecule has 0 aromatic rings. The van der Waals surface area contributed by atoms with E-state index in [1.165, 1.54) is 0 Å². The molecule has 3 amide bonds.